The summed E-state index contributed by atoms with van der Waals surface area (Å²) in [5, 5.41) is 0. The summed E-state index contributed by atoms with van der Waals surface area (Å²) in [7, 11) is 0. The number of aromatic nitrogens is 1. The van der Waals surface area contributed by atoms with Crippen LogP contribution in [0.2, 0.25) is 0 Å². The third kappa shape index (κ3) is 1.21. The molecule has 0 spiro atoms. The summed E-state index contributed by atoms with van der Waals surface area (Å²) in [6.45, 7) is 1.18. The first-order valence-corrected chi connectivity index (χ1v) is 6.30. The molecule has 1 amide bonds. The van der Waals surface area contributed by atoms with E-state index in [-0.39, 0.29) is 5.91 Å². The lowest BCUT2D eigenvalue weighted by molar-refractivity contribution is -0.0304. The average Bonchev–Trinajstić information content (AvgIpc) is 3.01. The highest BCUT2D eigenvalue weighted by atomic mass is 16.5. The molecule has 4 heteroatoms. The Hall–Kier alpha value is -2.20. The molecule has 1 atom stereocenters. The van der Waals surface area contributed by atoms with Crippen LogP contribution in [-0.2, 0) is 10.5 Å². The van der Waals surface area contributed by atoms with Gasteiger partial charge in [0.15, 0.2) is 5.72 Å². The highest BCUT2D eigenvalue weighted by Crippen LogP contribution is 2.47. The van der Waals surface area contributed by atoms with Crippen LogP contribution in [0.15, 0.2) is 48.8 Å². The van der Waals surface area contributed by atoms with Crippen molar-refractivity contribution in [3.05, 3.63) is 65.5 Å². The second-order valence-corrected chi connectivity index (χ2v) is 4.73. The Morgan fingerprint density at radius 2 is 1.95 bits per heavy atom. The average molecular weight is 252 g/mol. The van der Waals surface area contributed by atoms with E-state index in [0.29, 0.717) is 13.2 Å². The zero-order valence-electron chi connectivity index (χ0n) is 10.2. The number of ether oxygens (including phenoxy) is 1. The first kappa shape index (κ1) is 10.7. The molecule has 0 radical (unpaired) electrons. The van der Waals surface area contributed by atoms with Crippen LogP contribution in [0, 0.1) is 0 Å². The third-order valence-corrected chi connectivity index (χ3v) is 3.85. The molecule has 0 saturated carbocycles. The van der Waals surface area contributed by atoms with Crippen LogP contribution < -0.4 is 0 Å². The summed E-state index contributed by atoms with van der Waals surface area (Å²) in [6, 6.07) is 11.5. The Bertz CT molecular complexity index is 656. The zero-order chi connectivity index (χ0) is 12.9. The van der Waals surface area contributed by atoms with E-state index in [4.69, 9.17) is 4.74 Å². The zero-order valence-corrected chi connectivity index (χ0v) is 10.2. The van der Waals surface area contributed by atoms with Crippen molar-refractivity contribution in [2.45, 2.75) is 5.72 Å². The van der Waals surface area contributed by atoms with Crippen molar-refractivity contribution in [1.82, 2.24) is 9.88 Å². The fourth-order valence-electron chi connectivity index (χ4n) is 3.07. The molecule has 1 fully saturated rings. The van der Waals surface area contributed by atoms with Gasteiger partial charge in [0.2, 0.25) is 0 Å². The molecular formula is C15H12N2O2. The summed E-state index contributed by atoms with van der Waals surface area (Å²) in [5.74, 6) is 0.0462. The van der Waals surface area contributed by atoms with Gasteiger partial charge in [0.1, 0.15) is 0 Å². The molecule has 2 aromatic rings. The number of pyridine rings is 1. The van der Waals surface area contributed by atoms with Crippen LogP contribution in [-0.4, -0.2) is 28.9 Å². The first-order valence-electron chi connectivity index (χ1n) is 6.30. The lowest BCUT2D eigenvalue weighted by Crippen LogP contribution is -2.40. The molecule has 94 valence electrons. The largest absolute Gasteiger partial charge is 0.345 e. The number of fused-ring (bicyclic) bond motifs is 3. The van der Waals surface area contributed by atoms with Crippen LogP contribution in [0.4, 0.5) is 0 Å². The Balaban J connectivity index is 2.02. The van der Waals surface area contributed by atoms with Gasteiger partial charge in [0, 0.05) is 35.6 Å². The number of carbonyl (C=O) groups is 1. The van der Waals surface area contributed by atoms with Crippen molar-refractivity contribution >= 4 is 5.91 Å². The minimum atomic E-state index is -0.753. The van der Waals surface area contributed by atoms with Crippen LogP contribution in [0.3, 0.4) is 0 Å². The third-order valence-electron chi connectivity index (χ3n) is 3.85. The van der Waals surface area contributed by atoms with Gasteiger partial charge < -0.3 is 4.74 Å². The lowest BCUT2D eigenvalue weighted by Gasteiger charge is -2.31. The molecule has 1 aromatic carbocycles. The first-order chi connectivity index (χ1) is 9.34. The van der Waals surface area contributed by atoms with E-state index in [0.717, 1.165) is 16.7 Å². The number of nitrogens with zero attached hydrogens (tertiary/aromatic N) is 2. The molecule has 4 rings (SSSR count). The number of carbonyl (C=O) groups excluding carboxylic acids is 1. The molecule has 1 unspecified atom stereocenters. The predicted molar refractivity (Wildman–Crippen MR) is 68.4 cm³/mol. The minimum Gasteiger partial charge on any atom is -0.345 e. The van der Waals surface area contributed by atoms with Gasteiger partial charge in [0.05, 0.1) is 6.61 Å². The molecule has 0 aliphatic carbocycles. The van der Waals surface area contributed by atoms with Crippen LogP contribution in [0.1, 0.15) is 21.5 Å². The van der Waals surface area contributed by atoms with E-state index < -0.39 is 5.72 Å². The summed E-state index contributed by atoms with van der Waals surface area (Å²) in [4.78, 5) is 18.3. The number of benzene rings is 1. The molecular weight excluding hydrogens is 240 g/mol. The molecule has 19 heavy (non-hydrogen) atoms. The Morgan fingerprint density at radius 1 is 1.16 bits per heavy atom. The van der Waals surface area contributed by atoms with E-state index in [9.17, 15) is 4.79 Å². The maximum absolute atomic E-state index is 12.5. The fraction of sp³-hybridized carbons (Fsp3) is 0.200. The van der Waals surface area contributed by atoms with Gasteiger partial charge in [-0.05, 0) is 18.2 Å². The van der Waals surface area contributed by atoms with Gasteiger partial charge in [-0.25, -0.2) is 0 Å². The maximum Gasteiger partial charge on any atom is 0.257 e. The molecule has 1 aromatic heterocycles. The summed E-state index contributed by atoms with van der Waals surface area (Å²) < 4.78 is 6.02. The summed E-state index contributed by atoms with van der Waals surface area (Å²) in [5.41, 5.74) is 1.87. The molecule has 0 bridgehead atoms. The van der Waals surface area contributed by atoms with Gasteiger partial charge in [-0.3, -0.25) is 14.7 Å². The number of rotatable bonds is 1. The van der Waals surface area contributed by atoms with Crippen molar-refractivity contribution in [2.24, 2.45) is 0 Å². The van der Waals surface area contributed by atoms with E-state index in [1.54, 1.807) is 12.4 Å². The van der Waals surface area contributed by atoms with Gasteiger partial charge in [-0.2, -0.15) is 0 Å². The van der Waals surface area contributed by atoms with E-state index in [1.165, 1.54) is 0 Å². The molecule has 2 aliphatic heterocycles. The molecule has 0 N–H and O–H groups in total. The monoisotopic (exact) mass is 252 g/mol. The Labute approximate surface area is 110 Å². The topological polar surface area (TPSA) is 42.4 Å². The summed E-state index contributed by atoms with van der Waals surface area (Å²) >= 11 is 0. The highest BCUT2D eigenvalue weighted by Gasteiger charge is 2.54. The van der Waals surface area contributed by atoms with Gasteiger partial charge in [0.25, 0.3) is 5.91 Å². The Kier molecular flexibility index (Phi) is 2.05. The second-order valence-electron chi connectivity index (χ2n) is 4.73. The van der Waals surface area contributed by atoms with E-state index in [2.05, 4.69) is 4.98 Å². The smallest absolute Gasteiger partial charge is 0.257 e. The van der Waals surface area contributed by atoms with E-state index >= 15 is 0 Å². The Morgan fingerprint density at radius 3 is 2.79 bits per heavy atom. The lowest BCUT2D eigenvalue weighted by atomic mass is 9.95. The second kappa shape index (κ2) is 3.65. The van der Waals surface area contributed by atoms with Crippen LogP contribution in [0.5, 0.6) is 0 Å². The van der Waals surface area contributed by atoms with E-state index in [1.807, 2.05) is 41.3 Å². The normalized spacial score (nSPS) is 24.4. The molecule has 2 aliphatic rings. The van der Waals surface area contributed by atoms with Gasteiger partial charge >= 0.3 is 0 Å². The maximum atomic E-state index is 12.5. The van der Waals surface area contributed by atoms with Crippen LogP contribution >= 0.6 is 0 Å². The van der Waals surface area contributed by atoms with Crippen molar-refractivity contribution in [2.75, 3.05) is 13.2 Å². The highest BCUT2D eigenvalue weighted by molar-refractivity contribution is 6.00. The van der Waals surface area contributed by atoms with Crippen molar-refractivity contribution in [1.29, 1.82) is 0 Å². The van der Waals surface area contributed by atoms with Crippen molar-refractivity contribution in [3.63, 3.8) is 0 Å². The fourth-order valence-corrected chi connectivity index (χ4v) is 3.07. The summed E-state index contributed by atoms with van der Waals surface area (Å²) in [6.07, 6.45) is 3.46. The van der Waals surface area contributed by atoms with Gasteiger partial charge in [-0.1, -0.05) is 18.2 Å². The standard InChI is InChI=1S/C15H12N2O2/c18-14-12-3-1-2-4-13(12)15(17(14)9-10-19-15)11-5-7-16-8-6-11/h1-8H,9-10H2. The number of amides is 1. The number of hydrogen-bond acceptors (Lipinski definition) is 3. The predicted octanol–water partition coefficient (Wildman–Crippen LogP) is 1.77. The number of hydrogen-bond donors (Lipinski definition) is 0. The minimum absolute atomic E-state index is 0.0462. The molecule has 4 nitrogen and oxygen atoms in total. The van der Waals surface area contributed by atoms with Crippen molar-refractivity contribution in [3.8, 4) is 0 Å². The van der Waals surface area contributed by atoms with Crippen LogP contribution in [0.25, 0.3) is 0 Å². The van der Waals surface area contributed by atoms with Gasteiger partial charge in [-0.15, -0.1) is 0 Å². The van der Waals surface area contributed by atoms with Crippen molar-refractivity contribution < 1.29 is 9.53 Å². The SMILES string of the molecule is O=C1c2ccccc2C2(c3ccncc3)OCCN12. The molecule has 1 saturated heterocycles. The quantitative estimate of drug-likeness (QED) is 0.776. The molecule has 3 heterocycles.